The van der Waals surface area contributed by atoms with Crippen LogP contribution >= 0.6 is 0 Å². The van der Waals surface area contributed by atoms with Crippen molar-refractivity contribution in [3.05, 3.63) is 34.7 Å². The van der Waals surface area contributed by atoms with Gasteiger partial charge in [0, 0.05) is 39.5 Å². The molecule has 8 heteroatoms. The van der Waals surface area contributed by atoms with E-state index in [-0.39, 0.29) is 5.82 Å². The van der Waals surface area contributed by atoms with Crippen LogP contribution in [0.15, 0.2) is 18.7 Å². The first-order valence-corrected chi connectivity index (χ1v) is 6.47. The summed E-state index contributed by atoms with van der Waals surface area (Å²) in [7, 11) is 1.77. The molecule has 2 rings (SSSR count). The number of anilines is 1. The molecule has 0 aliphatic heterocycles. The van der Waals surface area contributed by atoms with Crippen LogP contribution in [0.2, 0.25) is 0 Å². The van der Waals surface area contributed by atoms with E-state index in [1.54, 1.807) is 31.1 Å². The van der Waals surface area contributed by atoms with Crippen LogP contribution in [-0.4, -0.2) is 30.6 Å². The molecule has 0 aliphatic carbocycles. The first-order chi connectivity index (χ1) is 9.59. The minimum Gasteiger partial charge on any atom is -0.364 e. The molecule has 0 aromatic carbocycles. The second-order valence-corrected chi connectivity index (χ2v) is 4.58. The van der Waals surface area contributed by atoms with Crippen molar-refractivity contribution in [1.29, 1.82) is 0 Å². The van der Waals surface area contributed by atoms with Crippen molar-refractivity contribution in [2.45, 2.75) is 26.3 Å². The van der Waals surface area contributed by atoms with E-state index in [1.165, 1.54) is 0 Å². The summed E-state index contributed by atoms with van der Waals surface area (Å²) in [6, 6.07) is 0. The summed E-state index contributed by atoms with van der Waals surface area (Å²) in [6.07, 6.45) is 7.35. The second kappa shape index (κ2) is 6.18. The van der Waals surface area contributed by atoms with E-state index in [2.05, 4.69) is 15.3 Å². The van der Waals surface area contributed by atoms with Crippen LogP contribution in [0.1, 0.15) is 18.7 Å². The molecular weight excluding hydrogens is 260 g/mol. The number of imidazole rings is 2. The van der Waals surface area contributed by atoms with E-state index in [9.17, 15) is 10.1 Å². The molecule has 0 unspecified atom stereocenters. The Morgan fingerprint density at radius 1 is 1.45 bits per heavy atom. The van der Waals surface area contributed by atoms with Crippen molar-refractivity contribution in [1.82, 2.24) is 19.1 Å². The third kappa shape index (κ3) is 3.14. The zero-order valence-electron chi connectivity index (χ0n) is 11.6. The third-order valence-corrected chi connectivity index (χ3v) is 3.17. The largest absolute Gasteiger partial charge is 0.406 e. The Morgan fingerprint density at radius 3 is 2.90 bits per heavy atom. The van der Waals surface area contributed by atoms with Crippen LogP contribution in [0.25, 0.3) is 0 Å². The van der Waals surface area contributed by atoms with Gasteiger partial charge in [0.15, 0.2) is 0 Å². The van der Waals surface area contributed by atoms with Gasteiger partial charge in [-0.2, -0.15) is 0 Å². The number of unbranched alkanes of at least 4 members (excludes halogenated alkanes) is 1. The summed E-state index contributed by atoms with van der Waals surface area (Å²) < 4.78 is 3.71. The minimum atomic E-state index is -0.458. The van der Waals surface area contributed by atoms with Crippen molar-refractivity contribution in [2.24, 2.45) is 7.05 Å². The molecule has 0 saturated carbocycles. The van der Waals surface area contributed by atoms with Gasteiger partial charge in [-0.15, -0.1) is 0 Å². The van der Waals surface area contributed by atoms with E-state index in [0.29, 0.717) is 18.2 Å². The molecule has 108 valence electrons. The number of aryl methyl sites for hydroxylation is 2. The number of rotatable bonds is 7. The smallest absolute Gasteiger partial charge is 0.364 e. The molecule has 0 saturated heterocycles. The SMILES string of the molecule is Cc1nc([N+](=O)[O-])c(NCCCCn2ccnc2)n1C. The molecule has 8 nitrogen and oxygen atoms in total. The van der Waals surface area contributed by atoms with E-state index in [0.717, 1.165) is 19.4 Å². The number of nitro groups is 1. The lowest BCUT2D eigenvalue weighted by Gasteiger charge is -2.07. The maximum atomic E-state index is 10.9. The summed E-state index contributed by atoms with van der Waals surface area (Å²) in [5, 5.41) is 14.0. The first-order valence-electron chi connectivity index (χ1n) is 6.47. The lowest BCUT2D eigenvalue weighted by Crippen LogP contribution is -2.08. The van der Waals surface area contributed by atoms with Crippen molar-refractivity contribution < 1.29 is 4.92 Å². The Labute approximate surface area is 116 Å². The number of hydrogen-bond donors (Lipinski definition) is 1. The van der Waals surface area contributed by atoms with E-state index >= 15 is 0 Å². The van der Waals surface area contributed by atoms with Gasteiger partial charge >= 0.3 is 5.82 Å². The maximum absolute atomic E-state index is 10.9. The van der Waals surface area contributed by atoms with E-state index < -0.39 is 4.92 Å². The molecule has 2 aromatic heterocycles. The van der Waals surface area contributed by atoms with Crippen LogP contribution < -0.4 is 5.32 Å². The molecule has 0 bridgehead atoms. The summed E-state index contributed by atoms with van der Waals surface area (Å²) >= 11 is 0. The molecule has 2 aromatic rings. The summed E-state index contributed by atoms with van der Waals surface area (Å²) in [4.78, 5) is 18.4. The lowest BCUT2D eigenvalue weighted by molar-refractivity contribution is -0.388. The van der Waals surface area contributed by atoms with Gasteiger partial charge in [-0.05, 0) is 22.7 Å². The van der Waals surface area contributed by atoms with Crippen LogP contribution in [0, 0.1) is 17.0 Å². The van der Waals surface area contributed by atoms with Crippen LogP contribution in [0.4, 0.5) is 11.6 Å². The molecule has 0 amide bonds. The molecule has 0 radical (unpaired) electrons. The monoisotopic (exact) mass is 278 g/mol. The van der Waals surface area contributed by atoms with Crippen molar-refractivity contribution >= 4 is 11.6 Å². The molecule has 0 fully saturated rings. The Bertz CT molecular complexity index is 575. The van der Waals surface area contributed by atoms with Gasteiger partial charge in [0.2, 0.25) is 11.6 Å². The highest BCUT2D eigenvalue weighted by Crippen LogP contribution is 2.23. The predicted molar refractivity (Wildman–Crippen MR) is 74.6 cm³/mol. The highest BCUT2D eigenvalue weighted by molar-refractivity contribution is 5.53. The molecule has 0 spiro atoms. The van der Waals surface area contributed by atoms with Gasteiger partial charge in [0.1, 0.15) is 0 Å². The molecule has 0 atom stereocenters. The number of hydrogen-bond acceptors (Lipinski definition) is 5. The second-order valence-electron chi connectivity index (χ2n) is 4.58. The average molecular weight is 278 g/mol. The van der Waals surface area contributed by atoms with Gasteiger partial charge < -0.3 is 20.0 Å². The van der Waals surface area contributed by atoms with E-state index in [1.807, 2.05) is 10.8 Å². The standard InChI is InChI=1S/C12H18N6O2/c1-10-15-12(18(19)20)11(16(10)2)14-5-3-4-7-17-8-6-13-9-17/h6,8-9,14H,3-5,7H2,1-2H3. The predicted octanol–water partition coefficient (Wildman–Crippen LogP) is 1.73. The maximum Gasteiger partial charge on any atom is 0.406 e. The van der Waals surface area contributed by atoms with Crippen molar-refractivity contribution in [3.8, 4) is 0 Å². The van der Waals surface area contributed by atoms with Crippen LogP contribution in [-0.2, 0) is 13.6 Å². The Morgan fingerprint density at radius 2 is 2.25 bits per heavy atom. The number of nitrogens with zero attached hydrogens (tertiary/aromatic N) is 5. The first kappa shape index (κ1) is 14.0. The summed E-state index contributed by atoms with van der Waals surface area (Å²) in [5.41, 5.74) is 0. The number of aromatic nitrogens is 4. The van der Waals surface area contributed by atoms with Gasteiger partial charge in [0.05, 0.1) is 6.33 Å². The van der Waals surface area contributed by atoms with Gasteiger partial charge in [-0.3, -0.25) is 4.57 Å². The van der Waals surface area contributed by atoms with Crippen LogP contribution in [0.5, 0.6) is 0 Å². The number of nitrogens with one attached hydrogen (secondary N) is 1. The molecule has 20 heavy (non-hydrogen) atoms. The quantitative estimate of drug-likeness (QED) is 0.473. The van der Waals surface area contributed by atoms with Crippen molar-refractivity contribution in [2.75, 3.05) is 11.9 Å². The highest BCUT2D eigenvalue weighted by Gasteiger charge is 2.22. The normalized spacial score (nSPS) is 10.7. The van der Waals surface area contributed by atoms with Crippen LogP contribution in [0.3, 0.4) is 0 Å². The Hall–Kier alpha value is -2.38. The highest BCUT2D eigenvalue weighted by atomic mass is 16.6. The Kier molecular flexibility index (Phi) is 4.34. The van der Waals surface area contributed by atoms with Gasteiger partial charge in [-0.25, -0.2) is 4.98 Å². The topological polar surface area (TPSA) is 90.8 Å². The zero-order valence-corrected chi connectivity index (χ0v) is 11.6. The fourth-order valence-electron chi connectivity index (χ4n) is 1.96. The zero-order chi connectivity index (χ0) is 14.5. The molecule has 0 aliphatic rings. The van der Waals surface area contributed by atoms with Gasteiger partial charge in [-0.1, -0.05) is 0 Å². The fourth-order valence-corrected chi connectivity index (χ4v) is 1.96. The summed E-state index contributed by atoms with van der Waals surface area (Å²) in [6.45, 7) is 3.32. The fraction of sp³-hybridized carbons (Fsp3) is 0.500. The molecule has 1 N–H and O–H groups in total. The van der Waals surface area contributed by atoms with Gasteiger partial charge in [0.25, 0.3) is 0 Å². The van der Waals surface area contributed by atoms with Crippen molar-refractivity contribution in [3.63, 3.8) is 0 Å². The molecular formula is C12H18N6O2. The summed E-state index contributed by atoms with van der Waals surface area (Å²) in [5.74, 6) is 0.979. The van der Waals surface area contributed by atoms with E-state index in [4.69, 9.17) is 0 Å². The third-order valence-electron chi connectivity index (χ3n) is 3.17. The minimum absolute atomic E-state index is 0.111. The Balaban J connectivity index is 1.83. The lowest BCUT2D eigenvalue weighted by atomic mass is 10.3. The average Bonchev–Trinajstić information content (AvgIpc) is 3.01. The molecule has 2 heterocycles.